The molecule has 0 fully saturated rings. The van der Waals surface area contributed by atoms with Crippen LogP contribution in [0.5, 0.6) is 0 Å². The van der Waals surface area contributed by atoms with Crippen LogP contribution in [0.2, 0.25) is 0 Å². The van der Waals surface area contributed by atoms with Crippen molar-refractivity contribution in [2.24, 2.45) is 0 Å². The van der Waals surface area contributed by atoms with E-state index in [1.54, 1.807) is 25.1 Å². The van der Waals surface area contributed by atoms with Crippen molar-refractivity contribution >= 4 is 66.9 Å². The van der Waals surface area contributed by atoms with E-state index >= 15 is 0 Å². The normalized spacial score (nSPS) is 11.4. The summed E-state index contributed by atoms with van der Waals surface area (Å²) < 4.78 is 7.88. The molecule has 0 atom stereocenters. The number of rotatable bonds is 7. The zero-order valence-corrected chi connectivity index (χ0v) is 20.2. The monoisotopic (exact) mass is 491 g/mol. The highest BCUT2D eigenvalue weighted by atomic mass is 32.2. The van der Waals surface area contributed by atoms with E-state index in [1.807, 2.05) is 22.6 Å². The smallest absolute Gasteiger partial charge is 0.338 e. The Balaban J connectivity index is 1.25. The molecule has 1 N–H and O–H groups in total. The van der Waals surface area contributed by atoms with Crippen LogP contribution in [0.1, 0.15) is 29.3 Å². The van der Waals surface area contributed by atoms with E-state index in [-0.39, 0.29) is 11.9 Å². The van der Waals surface area contributed by atoms with Gasteiger partial charge in [-0.1, -0.05) is 41.3 Å². The maximum atomic E-state index is 12.5. The van der Waals surface area contributed by atoms with Crippen LogP contribution in [0.25, 0.3) is 26.8 Å². The topological polar surface area (TPSA) is 98.5 Å². The van der Waals surface area contributed by atoms with Crippen molar-refractivity contribution in [1.82, 2.24) is 19.6 Å². The first kappa shape index (κ1) is 22.3. The Hall–Kier alpha value is -3.50. The van der Waals surface area contributed by atoms with Gasteiger partial charge in [0.05, 0.1) is 27.9 Å². The Morgan fingerprint density at radius 1 is 1.15 bits per heavy atom. The van der Waals surface area contributed by atoms with Gasteiger partial charge in [0, 0.05) is 17.6 Å². The van der Waals surface area contributed by atoms with Crippen LogP contribution in [0.15, 0.2) is 53.7 Å². The number of pyridine rings is 1. The third-order valence-corrected chi connectivity index (χ3v) is 7.14. The van der Waals surface area contributed by atoms with Crippen molar-refractivity contribution in [3.05, 3.63) is 59.7 Å². The molecule has 0 aliphatic rings. The fourth-order valence-corrected chi connectivity index (χ4v) is 5.52. The zero-order valence-electron chi connectivity index (χ0n) is 18.6. The second-order valence-corrected chi connectivity index (χ2v) is 9.68. The van der Waals surface area contributed by atoms with Crippen LogP contribution >= 0.6 is 23.1 Å². The van der Waals surface area contributed by atoms with Crippen LogP contribution in [0.4, 0.5) is 5.13 Å². The van der Waals surface area contributed by atoms with E-state index in [9.17, 15) is 9.59 Å². The molecule has 5 aromatic rings. The molecule has 172 valence electrons. The maximum absolute atomic E-state index is 12.5. The van der Waals surface area contributed by atoms with Gasteiger partial charge in [0.15, 0.2) is 15.9 Å². The molecule has 0 radical (unpaired) electrons. The van der Waals surface area contributed by atoms with E-state index < -0.39 is 0 Å². The maximum Gasteiger partial charge on any atom is 0.338 e. The van der Waals surface area contributed by atoms with E-state index in [0.29, 0.717) is 29.5 Å². The molecule has 8 nitrogen and oxygen atoms in total. The number of amides is 1. The molecular weight excluding hydrogens is 470 g/mol. The van der Waals surface area contributed by atoms with Gasteiger partial charge in [0.1, 0.15) is 0 Å². The van der Waals surface area contributed by atoms with Gasteiger partial charge in [-0.05, 0) is 49.7 Å². The molecule has 0 spiro atoms. The molecule has 10 heteroatoms. The highest BCUT2D eigenvalue weighted by Crippen LogP contribution is 2.28. The number of hydrogen-bond donors (Lipinski definition) is 1. The average Bonchev–Trinajstić information content (AvgIpc) is 3.42. The van der Waals surface area contributed by atoms with Gasteiger partial charge in [0.2, 0.25) is 5.91 Å². The number of nitrogens with one attached hydrogen (secondary N) is 1. The number of nitrogens with zero attached hydrogens (tertiary/aromatic N) is 4. The predicted molar refractivity (Wildman–Crippen MR) is 135 cm³/mol. The van der Waals surface area contributed by atoms with Gasteiger partial charge in [-0.2, -0.15) is 0 Å². The third kappa shape index (κ3) is 4.34. The molecule has 1 amide bonds. The summed E-state index contributed by atoms with van der Waals surface area (Å²) in [6.07, 6.45) is 0.299. The molecule has 0 aliphatic heterocycles. The number of aromatic nitrogens is 4. The molecule has 0 saturated heterocycles. The molecule has 0 aliphatic carbocycles. The van der Waals surface area contributed by atoms with E-state index in [4.69, 9.17) is 4.74 Å². The summed E-state index contributed by atoms with van der Waals surface area (Å²) in [6, 6.07) is 15.3. The van der Waals surface area contributed by atoms with E-state index in [0.717, 1.165) is 37.5 Å². The molecule has 0 unspecified atom stereocenters. The molecule has 2 aromatic carbocycles. The lowest BCUT2D eigenvalue weighted by Gasteiger charge is -2.07. The molecular formula is C24H21N5O3S2. The van der Waals surface area contributed by atoms with Crippen LogP contribution in [-0.2, 0) is 9.53 Å². The lowest BCUT2D eigenvalue weighted by atomic mass is 10.1. The SMILES string of the molecule is CCOC(=O)c1ccc2nc(NC(=O)CCSc3nnc4cc(C)c5ccccc5n34)sc2c1. The van der Waals surface area contributed by atoms with Gasteiger partial charge in [-0.15, -0.1) is 10.2 Å². The molecule has 34 heavy (non-hydrogen) atoms. The van der Waals surface area contributed by atoms with Crippen molar-refractivity contribution in [2.75, 3.05) is 17.7 Å². The number of benzene rings is 2. The largest absolute Gasteiger partial charge is 0.462 e. The number of para-hydroxylation sites is 1. The first-order valence-electron chi connectivity index (χ1n) is 10.8. The van der Waals surface area contributed by atoms with Gasteiger partial charge < -0.3 is 10.1 Å². The standard InChI is InChI=1S/C24H21N5O3S2/c1-3-32-22(31)15-8-9-17-19(13-15)34-23(25-17)26-21(30)10-11-33-24-28-27-20-12-14(2)16-6-4-5-7-18(16)29(20)24/h4-9,12-13H,3,10-11H2,1-2H3,(H,25,26,30). The van der Waals surface area contributed by atoms with Crippen molar-refractivity contribution < 1.29 is 14.3 Å². The summed E-state index contributed by atoms with van der Waals surface area (Å²) in [7, 11) is 0. The van der Waals surface area contributed by atoms with Crippen molar-refractivity contribution in [3.8, 4) is 0 Å². The molecule has 0 saturated carbocycles. The minimum atomic E-state index is -0.371. The lowest BCUT2D eigenvalue weighted by molar-refractivity contribution is -0.115. The fourth-order valence-electron chi connectivity index (χ4n) is 3.70. The lowest BCUT2D eigenvalue weighted by Crippen LogP contribution is -2.12. The first-order chi connectivity index (χ1) is 16.5. The number of fused-ring (bicyclic) bond motifs is 4. The minimum Gasteiger partial charge on any atom is -0.462 e. The molecule has 3 heterocycles. The third-order valence-electron chi connectivity index (χ3n) is 5.28. The highest BCUT2D eigenvalue weighted by molar-refractivity contribution is 7.99. The summed E-state index contributed by atoms with van der Waals surface area (Å²) in [5.41, 5.74) is 4.18. The highest BCUT2D eigenvalue weighted by Gasteiger charge is 2.14. The Kier molecular flexibility index (Phi) is 6.16. The second kappa shape index (κ2) is 9.40. The number of thiazole rings is 1. The minimum absolute atomic E-state index is 0.133. The van der Waals surface area contributed by atoms with Crippen LogP contribution in [-0.4, -0.2) is 43.8 Å². The van der Waals surface area contributed by atoms with Crippen LogP contribution in [0, 0.1) is 6.92 Å². The molecule has 3 aromatic heterocycles. The van der Waals surface area contributed by atoms with Crippen molar-refractivity contribution in [1.29, 1.82) is 0 Å². The van der Waals surface area contributed by atoms with Crippen molar-refractivity contribution in [2.45, 2.75) is 25.4 Å². The van der Waals surface area contributed by atoms with Crippen LogP contribution in [0.3, 0.4) is 0 Å². The summed E-state index contributed by atoms with van der Waals surface area (Å²) >= 11 is 2.82. The Morgan fingerprint density at radius 3 is 2.85 bits per heavy atom. The van der Waals surface area contributed by atoms with Crippen LogP contribution < -0.4 is 5.32 Å². The Labute approximate surface area is 203 Å². The number of thioether (sulfide) groups is 1. The summed E-state index contributed by atoms with van der Waals surface area (Å²) in [4.78, 5) is 28.9. The molecule has 5 rings (SSSR count). The van der Waals surface area contributed by atoms with Gasteiger partial charge in [-0.3, -0.25) is 9.20 Å². The Bertz CT molecular complexity index is 1540. The molecule has 0 bridgehead atoms. The number of carbonyl (C=O) groups excluding carboxylic acids is 2. The summed E-state index contributed by atoms with van der Waals surface area (Å²) in [5, 5.41) is 13.9. The fraction of sp³-hybridized carbons (Fsp3) is 0.208. The van der Waals surface area contributed by atoms with Crippen molar-refractivity contribution in [3.63, 3.8) is 0 Å². The Morgan fingerprint density at radius 2 is 2.00 bits per heavy atom. The first-order valence-corrected chi connectivity index (χ1v) is 12.6. The number of esters is 1. The second-order valence-electron chi connectivity index (χ2n) is 7.59. The quantitative estimate of drug-likeness (QED) is 0.250. The number of aryl methyl sites for hydroxylation is 1. The number of carbonyl (C=O) groups is 2. The van der Waals surface area contributed by atoms with E-state index in [1.165, 1.54) is 23.1 Å². The number of ether oxygens (including phenoxy) is 1. The zero-order chi connectivity index (χ0) is 23.7. The summed E-state index contributed by atoms with van der Waals surface area (Å²) in [6.45, 7) is 4.15. The van der Waals surface area contributed by atoms with E-state index in [2.05, 4.69) is 39.6 Å². The number of anilines is 1. The van der Waals surface area contributed by atoms with Gasteiger partial charge in [-0.25, -0.2) is 9.78 Å². The summed E-state index contributed by atoms with van der Waals surface area (Å²) in [5.74, 6) is 0.0447. The van der Waals surface area contributed by atoms with Gasteiger partial charge >= 0.3 is 5.97 Å². The number of hydrogen-bond acceptors (Lipinski definition) is 8. The van der Waals surface area contributed by atoms with Gasteiger partial charge in [0.25, 0.3) is 0 Å². The average molecular weight is 492 g/mol. The predicted octanol–water partition coefficient (Wildman–Crippen LogP) is 5.10.